The normalized spacial score (nSPS) is 18.2. The van der Waals surface area contributed by atoms with Crippen LogP contribution in [0.3, 0.4) is 0 Å². The lowest BCUT2D eigenvalue weighted by atomic mass is 9.81. The van der Waals surface area contributed by atoms with E-state index in [0.29, 0.717) is 12.8 Å². The van der Waals surface area contributed by atoms with E-state index in [-0.39, 0.29) is 11.1 Å². The van der Waals surface area contributed by atoms with E-state index in [1.807, 2.05) is 20.8 Å². The molecule has 2 rings (SSSR count). The fourth-order valence-electron chi connectivity index (χ4n) is 2.65. The molecule has 0 aromatic carbocycles. The lowest BCUT2D eigenvalue weighted by molar-refractivity contribution is -0.145. The van der Waals surface area contributed by atoms with Gasteiger partial charge in [0.05, 0.1) is 0 Å². The summed E-state index contributed by atoms with van der Waals surface area (Å²) < 4.78 is 0. The summed E-state index contributed by atoms with van der Waals surface area (Å²) >= 11 is 0. The first kappa shape index (κ1) is 15.5. The summed E-state index contributed by atoms with van der Waals surface area (Å²) in [7, 11) is 0. The minimum Gasteiger partial charge on any atom is -0.480 e. The molecule has 1 amide bonds. The van der Waals surface area contributed by atoms with E-state index in [4.69, 9.17) is 0 Å². The summed E-state index contributed by atoms with van der Waals surface area (Å²) in [4.78, 5) is 23.9. The molecule has 0 saturated heterocycles. The number of aliphatic carboxylic acids is 1. The van der Waals surface area contributed by atoms with Crippen molar-refractivity contribution >= 4 is 11.9 Å². The van der Waals surface area contributed by atoms with E-state index in [1.54, 1.807) is 6.07 Å². The van der Waals surface area contributed by atoms with Gasteiger partial charge in [0.15, 0.2) is 0 Å². The molecular weight excluding hydrogens is 270 g/mol. The Morgan fingerprint density at radius 3 is 2.38 bits per heavy atom. The van der Waals surface area contributed by atoms with Gasteiger partial charge in [-0.15, -0.1) is 0 Å². The van der Waals surface area contributed by atoms with Crippen molar-refractivity contribution in [3.05, 3.63) is 17.5 Å². The van der Waals surface area contributed by atoms with Gasteiger partial charge in [-0.05, 0) is 18.9 Å². The summed E-state index contributed by atoms with van der Waals surface area (Å²) in [6.45, 7) is 6.05. The SMILES string of the molecule is CC(C)(C)c1cc(C(=O)NC2(C(=O)O)CCCCC2)n[nH]1. The maximum Gasteiger partial charge on any atom is 0.329 e. The highest BCUT2D eigenvalue weighted by molar-refractivity contribution is 5.96. The Morgan fingerprint density at radius 2 is 1.90 bits per heavy atom. The van der Waals surface area contributed by atoms with Crippen molar-refractivity contribution in [1.29, 1.82) is 0 Å². The van der Waals surface area contributed by atoms with Crippen LogP contribution >= 0.6 is 0 Å². The molecule has 1 aromatic heterocycles. The van der Waals surface area contributed by atoms with Gasteiger partial charge < -0.3 is 10.4 Å². The number of aromatic nitrogens is 2. The number of carboxylic acids is 1. The molecule has 1 heterocycles. The van der Waals surface area contributed by atoms with Crippen LogP contribution in [-0.2, 0) is 10.2 Å². The largest absolute Gasteiger partial charge is 0.480 e. The Hall–Kier alpha value is -1.85. The molecule has 1 fully saturated rings. The van der Waals surface area contributed by atoms with E-state index < -0.39 is 17.4 Å². The second-order valence-electron chi connectivity index (χ2n) is 6.82. The van der Waals surface area contributed by atoms with Crippen LogP contribution < -0.4 is 5.32 Å². The minimum atomic E-state index is -1.14. The number of carbonyl (C=O) groups is 2. The van der Waals surface area contributed by atoms with Crippen LogP contribution in [-0.4, -0.2) is 32.7 Å². The molecule has 0 unspecified atom stereocenters. The molecule has 0 spiro atoms. The molecule has 1 saturated carbocycles. The predicted molar refractivity (Wildman–Crippen MR) is 78.2 cm³/mol. The number of hydrogen-bond donors (Lipinski definition) is 3. The van der Waals surface area contributed by atoms with Gasteiger partial charge in [0.1, 0.15) is 11.2 Å². The van der Waals surface area contributed by atoms with Crippen LogP contribution in [0.25, 0.3) is 0 Å². The summed E-state index contributed by atoms with van der Waals surface area (Å²) in [6, 6.07) is 1.69. The zero-order valence-corrected chi connectivity index (χ0v) is 12.8. The molecule has 1 aromatic rings. The van der Waals surface area contributed by atoms with Crippen LogP contribution in [0.4, 0.5) is 0 Å². The Kier molecular flexibility index (Phi) is 4.07. The second-order valence-corrected chi connectivity index (χ2v) is 6.82. The molecule has 1 aliphatic rings. The van der Waals surface area contributed by atoms with E-state index in [2.05, 4.69) is 15.5 Å². The second kappa shape index (κ2) is 5.50. The fraction of sp³-hybridized carbons (Fsp3) is 0.667. The average Bonchev–Trinajstić information content (AvgIpc) is 2.89. The topological polar surface area (TPSA) is 95.1 Å². The number of aromatic amines is 1. The van der Waals surface area contributed by atoms with Crippen LogP contribution in [0.1, 0.15) is 69.1 Å². The van der Waals surface area contributed by atoms with Crippen LogP contribution in [0.5, 0.6) is 0 Å². The Bertz CT molecular complexity index is 537. The standard InChI is InChI=1S/C15H23N3O3/c1-14(2,3)11-9-10(17-18-11)12(19)16-15(13(20)21)7-5-4-6-8-15/h9H,4-8H2,1-3H3,(H,16,19)(H,17,18)(H,20,21). The number of carboxylic acid groups (broad SMARTS) is 1. The number of nitrogens with one attached hydrogen (secondary N) is 2. The lowest BCUT2D eigenvalue weighted by Crippen LogP contribution is -2.55. The van der Waals surface area contributed by atoms with Gasteiger partial charge in [0.25, 0.3) is 5.91 Å². The number of hydrogen-bond acceptors (Lipinski definition) is 3. The van der Waals surface area contributed by atoms with Crippen LogP contribution in [0, 0.1) is 0 Å². The van der Waals surface area contributed by atoms with Gasteiger partial charge in [0.2, 0.25) is 0 Å². The van der Waals surface area contributed by atoms with Crippen molar-refractivity contribution < 1.29 is 14.7 Å². The fourth-order valence-corrected chi connectivity index (χ4v) is 2.65. The van der Waals surface area contributed by atoms with Gasteiger partial charge in [-0.1, -0.05) is 40.0 Å². The zero-order chi connectivity index (χ0) is 15.7. The first-order valence-electron chi connectivity index (χ1n) is 7.36. The lowest BCUT2D eigenvalue weighted by Gasteiger charge is -2.33. The molecule has 0 atom stereocenters. The Balaban J connectivity index is 2.16. The highest BCUT2D eigenvalue weighted by Crippen LogP contribution is 2.29. The van der Waals surface area contributed by atoms with E-state index in [9.17, 15) is 14.7 Å². The number of H-pyrrole nitrogens is 1. The number of nitrogens with zero attached hydrogens (tertiary/aromatic N) is 1. The number of amides is 1. The third kappa shape index (κ3) is 3.25. The van der Waals surface area contributed by atoms with Crippen molar-refractivity contribution in [3.63, 3.8) is 0 Å². The van der Waals surface area contributed by atoms with E-state index in [1.165, 1.54) is 0 Å². The quantitative estimate of drug-likeness (QED) is 0.796. The van der Waals surface area contributed by atoms with Crippen molar-refractivity contribution in [3.8, 4) is 0 Å². The summed E-state index contributed by atoms with van der Waals surface area (Å²) in [6.07, 6.45) is 3.61. The first-order valence-corrected chi connectivity index (χ1v) is 7.36. The van der Waals surface area contributed by atoms with Crippen LogP contribution in [0.15, 0.2) is 6.07 Å². The third-order valence-electron chi connectivity index (χ3n) is 4.09. The summed E-state index contributed by atoms with van der Waals surface area (Å²) in [5.41, 5.74) is -0.191. The molecule has 0 aliphatic heterocycles. The van der Waals surface area contributed by atoms with E-state index in [0.717, 1.165) is 25.0 Å². The van der Waals surface area contributed by atoms with Crippen molar-refractivity contribution in [2.24, 2.45) is 0 Å². The van der Waals surface area contributed by atoms with Gasteiger partial charge in [-0.25, -0.2) is 4.79 Å². The van der Waals surface area contributed by atoms with E-state index >= 15 is 0 Å². The molecule has 1 aliphatic carbocycles. The van der Waals surface area contributed by atoms with Crippen molar-refractivity contribution in [2.45, 2.75) is 63.8 Å². The molecule has 6 nitrogen and oxygen atoms in total. The van der Waals surface area contributed by atoms with Gasteiger partial charge in [-0.2, -0.15) is 5.10 Å². The third-order valence-corrected chi connectivity index (χ3v) is 4.09. The zero-order valence-electron chi connectivity index (χ0n) is 12.8. The smallest absolute Gasteiger partial charge is 0.329 e. The monoisotopic (exact) mass is 293 g/mol. The maximum absolute atomic E-state index is 12.3. The molecule has 0 bridgehead atoms. The predicted octanol–water partition coefficient (Wildman–Crippen LogP) is 2.22. The van der Waals surface area contributed by atoms with Crippen molar-refractivity contribution in [1.82, 2.24) is 15.5 Å². The number of rotatable bonds is 3. The molecule has 3 N–H and O–H groups in total. The highest BCUT2D eigenvalue weighted by atomic mass is 16.4. The summed E-state index contributed by atoms with van der Waals surface area (Å²) in [5.74, 6) is -1.38. The Labute approximate surface area is 124 Å². The maximum atomic E-state index is 12.3. The minimum absolute atomic E-state index is 0.138. The first-order chi connectivity index (χ1) is 9.74. The molecule has 6 heteroatoms. The van der Waals surface area contributed by atoms with Gasteiger partial charge in [-0.3, -0.25) is 9.89 Å². The molecule has 116 valence electrons. The molecular formula is C15H23N3O3. The molecule has 0 radical (unpaired) electrons. The highest BCUT2D eigenvalue weighted by Gasteiger charge is 2.41. The van der Waals surface area contributed by atoms with Gasteiger partial charge in [0, 0.05) is 11.1 Å². The Morgan fingerprint density at radius 1 is 1.29 bits per heavy atom. The average molecular weight is 293 g/mol. The number of carbonyl (C=O) groups excluding carboxylic acids is 1. The molecule has 21 heavy (non-hydrogen) atoms. The van der Waals surface area contributed by atoms with Crippen molar-refractivity contribution in [2.75, 3.05) is 0 Å². The van der Waals surface area contributed by atoms with Crippen LogP contribution in [0.2, 0.25) is 0 Å². The summed E-state index contributed by atoms with van der Waals surface area (Å²) in [5, 5.41) is 19.0. The van der Waals surface area contributed by atoms with Gasteiger partial charge >= 0.3 is 5.97 Å².